The highest BCUT2D eigenvalue weighted by molar-refractivity contribution is 7.99. The molecule has 1 aliphatic heterocycles. The highest BCUT2D eigenvalue weighted by atomic mass is 32.2. The van der Waals surface area contributed by atoms with Gasteiger partial charge in [-0.05, 0) is 55.2 Å². The normalized spacial score (nSPS) is 15.1. The lowest BCUT2D eigenvalue weighted by Crippen LogP contribution is -2.40. The molecule has 2 aromatic carbocycles. The zero-order valence-electron chi connectivity index (χ0n) is 17.5. The molecular formula is C23H25N3O3S2. The van der Waals surface area contributed by atoms with Crippen LogP contribution in [-0.2, 0) is 21.3 Å². The predicted molar refractivity (Wildman–Crippen MR) is 124 cm³/mol. The van der Waals surface area contributed by atoms with Crippen LogP contribution in [0.2, 0.25) is 0 Å². The first-order valence-electron chi connectivity index (χ1n) is 10.3. The van der Waals surface area contributed by atoms with Crippen molar-refractivity contribution >= 4 is 33.3 Å². The maximum absolute atomic E-state index is 12.6. The van der Waals surface area contributed by atoms with Crippen molar-refractivity contribution in [2.45, 2.75) is 47.6 Å². The number of benzene rings is 2. The van der Waals surface area contributed by atoms with E-state index in [0.717, 1.165) is 27.6 Å². The minimum atomic E-state index is -4.45. The van der Waals surface area contributed by atoms with E-state index in [9.17, 15) is 13.0 Å². The molecule has 8 heteroatoms. The molecule has 0 saturated heterocycles. The van der Waals surface area contributed by atoms with Crippen LogP contribution in [-0.4, -0.2) is 29.5 Å². The molecule has 3 aromatic rings. The van der Waals surface area contributed by atoms with Crippen LogP contribution in [0.1, 0.15) is 38.1 Å². The number of rotatable bonds is 7. The zero-order valence-corrected chi connectivity index (χ0v) is 19.2. The van der Waals surface area contributed by atoms with Crippen molar-refractivity contribution in [1.29, 1.82) is 0 Å². The van der Waals surface area contributed by atoms with Crippen LogP contribution in [0.3, 0.4) is 0 Å². The van der Waals surface area contributed by atoms with Crippen molar-refractivity contribution < 1.29 is 13.0 Å². The van der Waals surface area contributed by atoms with Gasteiger partial charge in [-0.15, -0.1) is 0 Å². The molecule has 1 unspecified atom stereocenters. The maximum atomic E-state index is 12.6. The number of fused-ring (bicyclic) bond motifs is 2. The van der Waals surface area contributed by atoms with Gasteiger partial charge >= 0.3 is 0 Å². The summed E-state index contributed by atoms with van der Waals surface area (Å²) in [6.07, 6.45) is 4.25. The van der Waals surface area contributed by atoms with E-state index in [1.807, 2.05) is 18.2 Å². The topological polar surface area (TPSA) is 83.4 Å². The van der Waals surface area contributed by atoms with Gasteiger partial charge < -0.3 is 4.90 Å². The van der Waals surface area contributed by atoms with Gasteiger partial charge in [-0.25, -0.2) is 9.97 Å². The summed E-state index contributed by atoms with van der Waals surface area (Å²) in [6, 6.07) is 16.2. The van der Waals surface area contributed by atoms with Gasteiger partial charge in [0.2, 0.25) is 0 Å². The van der Waals surface area contributed by atoms with Crippen LogP contribution in [0, 0.1) is 0 Å². The van der Waals surface area contributed by atoms with Crippen LogP contribution in [0.5, 0.6) is 0 Å². The molecule has 0 fully saturated rings. The van der Waals surface area contributed by atoms with Gasteiger partial charge in [-0.3, -0.25) is 4.55 Å². The van der Waals surface area contributed by atoms with Crippen LogP contribution in [0.25, 0.3) is 0 Å². The van der Waals surface area contributed by atoms with Gasteiger partial charge in [-0.2, -0.15) is 8.42 Å². The summed E-state index contributed by atoms with van der Waals surface area (Å²) in [5, 5.41) is 0. The first-order chi connectivity index (χ1) is 14.9. The quantitative estimate of drug-likeness (QED) is 0.489. The molecule has 1 aliphatic rings. The molecule has 1 N–H and O–H groups in total. The van der Waals surface area contributed by atoms with Crippen LogP contribution in [0.15, 0.2) is 70.7 Å². The Balaban J connectivity index is 1.78. The Morgan fingerprint density at radius 2 is 1.71 bits per heavy atom. The van der Waals surface area contributed by atoms with E-state index in [1.165, 1.54) is 18.0 Å². The molecule has 0 radical (unpaired) electrons. The smallest absolute Gasteiger partial charge is 0.278 e. The van der Waals surface area contributed by atoms with Crippen LogP contribution < -0.4 is 4.90 Å². The Kier molecular flexibility index (Phi) is 6.05. The molecule has 0 bridgehead atoms. The van der Waals surface area contributed by atoms with Crippen LogP contribution in [0.4, 0.5) is 11.4 Å². The second-order valence-electron chi connectivity index (χ2n) is 7.52. The Bertz CT molecular complexity index is 1190. The second-order valence-corrected chi connectivity index (χ2v) is 10.3. The third kappa shape index (κ3) is 3.95. The van der Waals surface area contributed by atoms with E-state index >= 15 is 0 Å². The Morgan fingerprint density at radius 3 is 2.39 bits per heavy atom. The highest BCUT2D eigenvalue weighted by Gasteiger charge is 2.46. The average molecular weight is 456 g/mol. The lowest BCUT2D eigenvalue weighted by Gasteiger charge is -2.36. The minimum absolute atomic E-state index is 0.127. The number of para-hydroxylation sites is 1. The first kappa shape index (κ1) is 21.8. The predicted octanol–water partition coefficient (Wildman–Crippen LogP) is 5.23. The molecule has 1 aromatic heterocycles. The van der Waals surface area contributed by atoms with E-state index in [4.69, 9.17) is 0 Å². The van der Waals surface area contributed by atoms with Crippen molar-refractivity contribution in [3.63, 3.8) is 0 Å². The minimum Gasteiger partial charge on any atom is -0.340 e. The Morgan fingerprint density at radius 1 is 1.00 bits per heavy atom. The fourth-order valence-corrected chi connectivity index (χ4v) is 6.16. The molecule has 0 aliphatic carbocycles. The van der Waals surface area contributed by atoms with E-state index in [0.29, 0.717) is 6.54 Å². The van der Waals surface area contributed by atoms with E-state index < -0.39 is 14.9 Å². The summed E-state index contributed by atoms with van der Waals surface area (Å²) in [5.41, 5.74) is 3.30. The molecule has 0 spiro atoms. The molecule has 2 heterocycles. The summed E-state index contributed by atoms with van der Waals surface area (Å²) in [5.74, 6) is 0.127. The van der Waals surface area contributed by atoms with Crippen molar-refractivity contribution in [3.8, 4) is 0 Å². The van der Waals surface area contributed by atoms with Gasteiger partial charge in [0.25, 0.3) is 10.1 Å². The summed E-state index contributed by atoms with van der Waals surface area (Å²) in [4.78, 5) is 12.8. The lowest BCUT2D eigenvalue weighted by atomic mass is 9.99. The molecule has 31 heavy (non-hydrogen) atoms. The van der Waals surface area contributed by atoms with Crippen molar-refractivity contribution in [3.05, 3.63) is 72.3 Å². The molecule has 6 nitrogen and oxygen atoms in total. The fraction of sp³-hybridized carbons (Fsp3) is 0.304. The summed E-state index contributed by atoms with van der Waals surface area (Å²) < 4.78 is 33.9. The number of anilines is 2. The zero-order chi connectivity index (χ0) is 22.1. The van der Waals surface area contributed by atoms with Gasteiger partial charge in [-0.1, -0.05) is 43.8 Å². The fourth-order valence-electron chi connectivity index (χ4n) is 4.04. The van der Waals surface area contributed by atoms with Crippen molar-refractivity contribution in [2.24, 2.45) is 0 Å². The SMILES string of the molecule is CCc1ccc2c(c1)N(CCC(CC)(c1ncccn1)S(=O)(=O)O)c1ccccc1S2. The number of aryl methyl sites for hydroxylation is 1. The first-order valence-corrected chi connectivity index (χ1v) is 12.6. The number of aromatic nitrogens is 2. The van der Waals surface area contributed by atoms with Gasteiger partial charge in [0, 0.05) is 28.7 Å². The largest absolute Gasteiger partial charge is 0.340 e. The summed E-state index contributed by atoms with van der Waals surface area (Å²) in [6.45, 7) is 4.25. The second kappa shape index (κ2) is 8.61. The lowest BCUT2D eigenvalue weighted by molar-refractivity contribution is 0.394. The monoisotopic (exact) mass is 455 g/mol. The number of nitrogens with zero attached hydrogens (tertiary/aromatic N) is 3. The molecule has 162 valence electrons. The molecule has 0 saturated carbocycles. The highest BCUT2D eigenvalue weighted by Crippen LogP contribution is 2.49. The third-order valence-electron chi connectivity index (χ3n) is 5.88. The number of hydrogen-bond acceptors (Lipinski definition) is 6. The molecule has 0 amide bonds. The Hall–Kier alpha value is -2.42. The third-order valence-corrected chi connectivity index (χ3v) is 8.67. The number of hydrogen-bond donors (Lipinski definition) is 1. The Labute approximate surface area is 187 Å². The van der Waals surface area contributed by atoms with Gasteiger partial charge in [0.05, 0.1) is 11.4 Å². The summed E-state index contributed by atoms with van der Waals surface area (Å²) in [7, 11) is -4.45. The molecule has 1 atom stereocenters. The van der Waals surface area contributed by atoms with Crippen molar-refractivity contribution in [1.82, 2.24) is 9.97 Å². The van der Waals surface area contributed by atoms with E-state index in [2.05, 4.69) is 46.1 Å². The maximum Gasteiger partial charge on any atom is 0.278 e. The van der Waals surface area contributed by atoms with Gasteiger partial charge in [0.1, 0.15) is 0 Å². The summed E-state index contributed by atoms with van der Waals surface area (Å²) >= 11 is 1.71. The molecular weight excluding hydrogens is 430 g/mol. The van der Waals surface area contributed by atoms with E-state index in [-0.39, 0.29) is 18.7 Å². The standard InChI is InChI=1S/C23H25N3O3S2/c1-3-17-10-11-21-19(16-17)26(18-8-5-6-9-20(18)30-21)15-12-23(4-2,31(27,28)29)22-24-13-7-14-25-22/h5-11,13-14,16H,3-4,12,15H2,1-2H3,(H,27,28,29). The van der Waals surface area contributed by atoms with Crippen molar-refractivity contribution in [2.75, 3.05) is 11.4 Å². The van der Waals surface area contributed by atoms with Gasteiger partial charge in [0.15, 0.2) is 10.6 Å². The van der Waals surface area contributed by atoms with Crippen LogP contribution >= 0.6 is 11.8 Å². The molecule has 4 rings (SSSR count). The average Bonchev–Trinajstić information content (AvgIpc) is 2.78. The van der Waals surface area contributed by atoms with E-state index in [1.54, 1.807) is 24.8 Å².